The summed E-state index contributed by atoms with van der Waals surface area (Å²) in [4.78, 5) is 23.3. The SMILES string of the molecule is CC(NC(=O)[C@@H]1OCCO[C@@H]1C(F)(F)F)[C@@H]1C[C@H](C(=O)O)C1(C)C. The Hall–Kier alpha value is -1.35. The molecule has 9 heteroatoms. The van der Waals surface area contributed by atoms with Crippen molar-refractivity contribution in [1.82, 2.24) is 5.32 Å². The van der Waals surface area contributed by atoms with Crippen molar-refractivity contribution < 1.29 is 37.3 Å². The third-order valence-electron chi connectivity index (χ3n) is 5.15. The molecule has 138 valence electrons. The molecule has 24 heavy (non-hydrogen) atoms. The first kappa shape index (κ1) is 19.0. The minimum atomic E-state index is -4.70. The average molecular weight is 353 g/mol. The van der Waals surface area contributed by atoms with Gasteiger partial charge in [0.15, 0.2) is 12.2 Å². The Bertz CT molecular complexity index is 508. The molecular weight excluding hydrogens is 331 g/mol. The molecule has 1 amide bonds. The molecule has 6 nitrogen and oxygen atoms in total. The van der Waals surface area contributed by atoms with Gasteiger partial charge in [-0.15, -0.1) is 0 Å². The number of carboxylic acids is 1. The van der Waals surface area contributed by atoms with Crippen molar-refractivity contribution in [2.24, 2.45) is 17.3 Å². The fourth-order valence-corrected chi connectivity index (χ4v) is 3.64. The van der Waals surface area contributed by atoms with Gasteiger partial charge in [0.25, 0.3) is 5.91 Å². The number of carbonyl (C=O) groups is 2. The zero-order chi connectivity index (χ0) is 18.3. The Balaban J connectivity index is 2.00. The third kappa shape index (κ3) is 3.51. The molecule has 1 saturated carbocycles. The molecule has 2 aliphatic rings. The second kappa shape index (κ2) is 6.51. The summed E-state index contributed by atoms with van der Waals surface area (Å²) in [5, 5.41) is 11.7. The largest absolute Gasteiger partial charge is 0.481 e. The molecular formula is C15H22F3NO5. The van der Waals surface area contributed by atoms with Crippen molar-refractivity contribution in [3.05, 3.63) is 0 Å². The van der Waals surface area contributed by atoms with E-state index in [1.807, 2.05) is 0 Å². The molecule has 1 heterocycles. The number of aliphatic carboxylic acids is 1. The van der Waals surface area contributed by atoms with E-state index in [0.29, 0.717) is 6.42 Å². The number of alkyl halides is 3. The van der Waals surface area contributed by atoms with Gasteiger partial charge < -0.3 is 19.9 Å². The van der Waals surface area contributed by atoms with Crippen LogP contribution in [0, 0.1) is 17.3 Å². The fraction of sp³-hybridized carbons (Fsp3) is 0.867. The number of hydrogen-bond donors (Lipinski definition) is 2. The van der Waals surface area contributed by atoms with E-state index in [0.717, 1.165) is 0 Å². The second-order valence-corrected chi connectivity index (χ2v) is 6.98. The van der Waals surface area contributed by atoms with Gasteiger partial charge in [0.1, 0.15) is 0 Å². The van der Waals surface area contributed by atoms with E-state index in [1.54, 1.807) is 20.8 Å². The van der Waals surface area contributed by atoms with E-state index >= 15 is 0 Å². The fourth-order valence-electron chi connectivity index (χ4n) is 3.64. The lowest BCUT2D eigenvalue weighted by Gasteiger charge is -2.52. The lowest BCUT2D eigenvalue weighted by Crippen LogP contribution is -2.60. The monoisotopic (exact) mass is 353 g/mol. The Morgan fingerprint density at radius 3 is 2.33 bits per heavy atom. The molecule has 0 spiro atoms. The van der Waals surface area contributed by atoms with Crippen molar-refractivity contribution >= 4 is 11.9 Å². The number of nitrogens with one attached hydrogen (secondary N) is 1. The number of carboxylic acid groups (broad SMARTS) is 1. The molecule has 0 aromatic rings. The first-order chi connectivity index (χ1) is 11.0. The maximum atomic E-state index is 12.9. The minimum absolute atomic E-state index is 0.0882. The number of amides is 1. The van der Waals surface area contributed by atoms with Crippen LogP contribution in [0.3, 0.4) is 0 Å². The third-order valence-corrected chi connectivity index (χ3v) is 5.15. The first-order valence-electron chi connectivity index (χ1n) is 7.79. The van der Waals surface area contributed by atoms with Crippen LogP contribution in [0.4, 0.5) is 13.2 Å². The van der Waals surface area contributed by atoms with Crippen LogP contribution in [0.5, 0.6) is 0 Å². The van der Waals surface area contributed by atoms with Gasteiger partial charge in [-0.1, -0.05) is 13.8 Å². The maximum absolute atomic E-state index is 12.9. The smallest absolute Gasteiger partial charge is 0.417 e. The highest BCUT2D eigenvalue weighted by Gasteiger charge is 2.55. The first-order valence-corrected chi connectivity index (χ1v) is 7.79. The Kier molecular flexibility index (Phi) is 5.15. The lowest BCUT2D eigenvalue weighted by molar-refractivity contribution is -0.273. The summed E-state index contributed by atoms with van der Waals surface area (Å²) in [6.07, 6.45) is -8.37. The molecule has 0 radical (unpaired) electrons. The zero-order valence-corrected chi connectivity index (χ0v) is 13.7. The highest BCUT2D eigenvalue weighted by Crippen LogP contribution is 2.52. The van der Waals surface area contributed by atoms with E-state index in [-0.39, 0.29) is 19.1 Å². The quantitative estimate of drug-likeness (QED) is 0.802. The number of ether oxygens (including phenoxy) is 2. The zero-order valence-electron chi connectivity index (χ0n) is 13.7. The summed E-state index contributed by atoms with van der Waals surface area (Å²) < 4.78 is 48.4. The minimum Gasteiger partial charge on any atom is -0.481 e. The molecule has 1 aliphatic carbocycles. The summed E-state index contributed by atoms with van der Waals surface area (Å²) in [7, 11) is 0. The predicted octanol–water partition coefficient (Wildman–Crippen LogP) is 1.58. The van der Waals surface area contributed by atoms with Crippen molar-refractivity contribution in [3.8, 4) is 0 Å². The van der Waals surface area contributed by atoms with E-state index in [9.17, 15) is 22.8 Å². The molecule has 0 aromatic carbocycles. The van der Waals surface area contributed by atoms with Gasteiger partial charge >= 0.3 is 12.1 Å². The number of rotatable bonds is 4. The van der Waals surface area contributed by atoms with Gasteiger partial charge in [0.05, 0.1) is 19.1 Å². The highest BCUT2D eigenvalue weighted by molar-refractivity contribution is 5.82. The molecule has 1 aliphatic heterocycles. The Labute approximate surface area is 137 Å². The van der Waals surface area contributed by atoms with Crippen LogP contribution in [-0.2, 0) is 19.1 Å². The van der Waals surface area contributed by atoms with E-state index in [4.69, 9.17) is 9.84 Å². The molecule has 5 atom stereocenters. The Morgan fingerprint density at radius 2 is 1.83 bits per heavy atom. The van der Waals surface area contributed by atoms with Gasteiger partial charge in [-0.05, 0) is 24.7 Å². The van der Waals surface area contributed by atoms with Crippen molar-refractivity contribution in [2.45, 2.75) is 51.6 Å². The molecule has 2 rings (SSSR count). The van der Waals surface area contributed by atoms with Crippen LogP contribution in [-0.4, -0.2) is 54.6 Å². The van der Waals surface area contributed by atoms with E-state index in [1.165, 1.54) is 0 Å². The number of halogens is 3. The molecule has 0 bridgehead atoms. The molecule has 1 unspecified atom stereocenters. The molecule has 2 N–H and O–H groups in total. The second-order valence-electron chi connectivity index (χ2n) is 6.98. The van der Waals surface area contributed by atoms with Gasteiger partial charge in [0, 0.05) is 6.04 Å². The predicted molar refractivity (Wildman–Crippen MR) is 76.2 cm³/mol. The topological polar surface area (TPSA) is 84.9 Å². The van der Waals surface area contributed by atoms with Crippen LogP contribution in [0.2, 0.25) is 0 Å². The van der Waals surface area contributed by atoms with Crippen molar-refractivity contribution in [3.63, 3.8) is 0 Å². The molecule has 2 fully saturated rings. The number of carbonyl (C=O) groups excluding carboxylic acids is 1. The average Bonchev–Trinajstić information content (AvgIpc) is 2.44. The summed E-state index contributed by atoms with van der Waals surface area (Å²) in [5.74, 6) is -2.47. The number of hydrogen-bond acceptors (Lipinski definition) is 4. The van der Waals surface area contributed by atoms with Gasteiger partial charge in [-0.2, -0.15) is 13.2 Å². The van der Waals surface area contributed by atoms with Crippen LogP contribution >= 0.6 is 0 Å². The van der Waals surface area contributed by atoms with Gasteiger partial charge in [-0.3, -0.25) is 9.59 Å². The summed E-state index contributed by atoms with van der Waals surface area (Å²) in [6, 6.07) is -0.470. The highest BCUT2D eigenvalue weighted by atomic mass is 19.4. The Morgan fingerprint density at radius 1 is 1.25 bits per heavy atom. The standard InChI is InChI=1S/C15H22F3NO5/c1-7(8-6-9(13(21)22)14(8,2)3)19-12(20)10-11(15(16,17)18)24-5-4-23-10/h7-11H,4-6H2,1-3H3,(H,19,20)(H,21,22)/t7?,8-,9+,10+,11-/m0/s1. The molecule has 0 aromatic heterocycles. The normalized spacial score (nSPS) is 34.1. The van der Waals surface area contributed by atoms with Crippen LogP contribution in [0.15, 0.2) is 0 Å². The lowest BCUT2D eigenvalue weighted by atomic mass is 9.52. The maximum Gasteiger partial charge on any atom is 0.417 e. The van der Waals surface area contributed by atoms with Crippen molar-refractivity contribution in [2.75, 3.05) is 13.2 Å². The van der Waals surface area contributed by atoms with Gasteiger partial charge in [-0.25, -0.2) is 0 Å². The van der Waals surface area contributed by atoms with E-state index < -0.39 is 47.6 Å². The summed E-state index contributed by atoms with van der Waals surface area (Å²) in [6.45, 7) is 4.91. The van der Waals surface area contributed by atoms with Crippen molar-refractivity contribution in [1.29, 1.82) is 0 Å². The van der Waals surface area contributed by atoms with E-state index in [2.05, 4.69) is 10.1 Å². The molecule has 1 saturated heterocycles. The van der Waals surface area contributed by atoms with Crippen LogP contribution in [0.1, 0.15) is 27.2 Å². The summed E-state index contributed by atoms with van der Waals surface area (Å²) in [5.41, 5.74) is -0.550. The van der Waals surface area contributed by atoms with Crippen LogP contribution in [0.25, 0.3) is 0 Å². The van der Waals surface area contributed by atoms with Gasteiger partial charge in [0.2, 0.25) is 0 Å². The van der Waals surface area contributed by atoms with Crippen LogP contribution < -0.4 is 5.32 Å². The summed E-state index contributed by atoms with van der Waals surface area (Å²) >= 11 is 0.